The highest BCUT2D eigenvalue weighted by Gasteiger charge is 2.14. The van der Waals surface area contributed by atoms with Crippen LogP contribution in [0.25, 0.3) is 0 Å². The van der Waals surface area contributed by atoms with Crippen LogP contribution in [0.1, 0.15) is 12.5 Å². The first-order valence-electron chi connectivity index (χ1n) is 8.36. The number of hydrogen-bond donors (Lipinski definition) is 1. The summed E-state index contributed by atoms with van der Waals surface area (Å²) in [7, 11) is 4.86. The van der Waals surface area contributed by atoms with Crippen LogP contribution in [-0.4, -0.2) is 39.0 Å². The van der Waals surface area contributed by atoms with Gasteiger partial charge in [-0.15, -0.1) is 11.8 Å². The molecule has 0 spiro atoms. The smallest absolute Gasteiger partial charge is 0.233 e. The summed E-state index contributed by atoms with van der Waals surface area (Å²) >= 11 is 1.52. The Morgan fingerprint density at radius 3 is 2.31 bits per heavy atom. The first-order chi connectivity index (χ1) is 12.6. The molecular formula is C20H25NO4S. The number of hydrogen-bond acceptors (Lipinski definition) is 5. The van der Waals surface area contributed by atoms with Crippen LogP contribution in [0.4, 0.5) is 0 Å². The van der Waals surface area contributed by atoms with Crippen LogP contribution < -0.4 is 19.5 Å². The zero-order valence-corrected chi connectivity index (χ0v) is 16.4. The number of amides is 1. The molecule has 0 aliphatic carbocycles. The highest BCUT2D eigenvalue weighted by molar-refractivity contribution is 8.00. The SMILES string of the molecule is COc1ccc(S[C@@H](C)C(=O)NCCc2ccc(OC)c(OC)c2)cc1. The lowest BCUT2D eigenvalue weighted by molar-refractivity contribution is -0.120. The van der Waals surface area contributed by atoms with Gasteiger partial charge in [0.2, 0.25) is 5.91 Å². The van der Waals surface area contributed by atoms with E-state index in [1.807, 2.05) is 49.4 Å². The van der Waals surface area contributed by atoms with Crippen molar-refractivity contribution in [1.29, 1.82) is 0 Å². The van der Waals surface area contributed by atoms with Crippen LogP contribution in [0.2, 0.25) is 0 Å². The van der Waals surface area contributed by atoms with Gasteiger partial charge >= 0.3 is 0 Å². The van der Waals surface area contributed by atoms with E-state index in [0.29, 0.717) is 18.0 Å². The Balaban J connectivity index is 1.82. The number of rotatable bonds is 9. The molecule has 0 heterocycles. The third kappa shape index (κ3) is 5.59. The molecule has 6 heteroatoms. The molecular weight excluding hydrogens is 350 g/mol. The summed E-state index contributed by atoms with van der Waals surface area (Å²) in [4.78, 5) is 13.3. The van der Waals surface area contributed by atoms with E-state index in [9.17, 15) is 4.79 Å². The van der Waals surface area contributed by atoms with Crippen LogP contribution in [0.3, 0.4) is 0 Å². The van der Waals surface area contributed by atoms with Crippen molar-refractivity contribution < 1.29 is 19.0 Å². The minimum atomic E-state index is -0.172. The maximum absolute atomic E-state index is 12.3. The predicted molar refractivity (Wildman–Crippen MR) is 105 cm³/mol. The number of nitrogens with one attached hydrogen (secondary N) is 1. The number of methoxy groups -OCH3 is 3. The number of carbonyl (C=O) groups is 1. The largest absolute Gasteiger partial charge is 0.497 e. The van der Waals surface area contributed by atoms with Gasteiger partial charge in [-0.1, -0.05) is 6.07 Å². The van der Waals surface area contributed by atoms with E-state index in [-0.39, 0.29) is 11.2 Å². The number of carbonyl (C=O) groups excluding carboxylic acids is 1. The monoisotopic (exact) mass is 375 g/mol. The van der Waals surface area contributed by atoms with Crippen molar-refractivity contribution in [3.8, 4) is 17.2 Å². The van der Waals surface area contributed by atoms with Gasteiger partial charge in [0.15, 0.2) is 11.5 Å². The topological polar surface area (TPSA) is 56.8 Å². The Kier molecular flexibility index (Phi) is 7.66. The Bertz CT molecular complexity index is 718. The Hall–Kier alpha value is -2.34. The summed E-state index contributed by atoms with van der Waals surface area (Å²) in [5.74, 6) is 2.22. The molecule has 0 aliphatic heterocycles. The number of thioether (sulfide) groups is 1. The molecule has 2 aromatic rings. The normalized spacial score (nSPS) is 11.5. The van der Waals surface area contributed by atoms with Gasteiger partial charge in [-0.05, 0) is 55.3 Å². The number of ether oxygens (including phenoxy) is 3. The van der Waals surface area contributed by atoms with Gasteiger partial charge < -0.3 is 19.5 Å². The van der Waals surface area contributed by atoms with E-state index in [2.05, 4.69) is 5.32 Å². The highest BCUT2D eigenvalue weighted by atomic mass is 32.2. The van der Waals surface area contributed by atoms with Gasteiger partial charge in [-0.25, -0.2) is 0 Å². The molecule has 1 N–H and O–H groups in total. The average Bonchev–Trinajstić information content (AvgIpc) is 2.68. The lowest BCUT2D eigenvalue weighted by atomic mass is 10.1. The molecule has 1 atom stereocenters. The lowest BCUT2D eigenvalue weighted by Gasteiger charge is -2.13. The summed E-state index contributed by atoms with van der Waals surface area (Å²) < 4.78 is 15.7. The van der Waals surface area contributed by atoms with Crippen molar-refractivity contribution in [1.82, 2.24) is 5.32 Å². The van der Waals surface area contributed by atoms with Gasteiger partial charge in [0.1, 0.15) is 5.75 Å². The molecule has 0 saturated heterocycles. The minimum Gasteiger partial charge on any atom is -0.497 e. The molecule has 0 unspecified atom stereocenters. The molecule has 0 aromatic heterocycles. The number of benzene rings is 2. The van der Waals surface area contributed by atoms with E-state index < -0.39 is 0 Å². The van der Waals surface area contributed by atoms with E-state index in [1.54, 1.807) is 21.3 Å². The zero-order chi connectivity index (χ0) is 18.9. The van der Waals surface area contributed by atoms with Gasteiger partial charge in [-0.3, -0.25) is 4.79 Å². The van der Waals surface area contributed by atoms with Gasteiger partial charge in [0.25, 0.3) is 0 Å². The van der Waals surface area contributed by atoms with Crippen molar-refractivity contribution in [2.75, 3.05) is 27.9 Å². The van der Waals surface area contributed by atoms with Gasteiger partial charge in [-0.2, -0.15) is 0 Å². The van der Waals surface area contributed by atoms with Crippen LogP contribution >= 0.6 is 11.8 Å². The molecule has 1 amide bonds. The van der Waals surface area contributed by atoms with Crippen LogP contribution in [0.15, 0.2) is 47.4 Å². The highest BCUT2D eigenvalue weighted by Crippen LogP contribution is 2.28. The zero-order valence-electron chi connectivity index (χ0n) is 15.6. The lowest BCUT2D eigenvalue weighted by Crippen LogP contribution is -2.32. The molecule has 0 radical (unpaired) electrons. The molecule has 26 heavy (non-hydrogen) atoms. The molecule has 140 valence electrons. The maximum Gasteiger partial charge on any atom is 0.233 e. The quantitative estimate of drug-likeness (QED) is 0.679. The molecule has 0 fully saturated rings. The van der Waals surface area contributed by atoms with E-state index in [1.165, 1.54) is 11.8 Å². The van der Waals surface area contributed by atoms with Crippen molar-refractivity contribution in [2.24, 2.45) is 0 Å². The van der Waals surface area contributed by atoms with E-state index >= 15 is 0 Å². The van der Waals surface area contributed by atoms with Crippen molar-refractivity contribution in [2.45, 2.75) is 23.5 Å². The third-order valence-corrected chi connectivity index (χ3v) is 5.01. The first-order valence-corrected chi connectivity index (χ1v) is 9.24. The maximum atomic E-state index is 12.3. The van der Waals surface area contributed by atoms with E-state index in [4.69, 9.17) is 14.2 Å². The van der Waals surface area contributed by atoms with Crippen molar-refractivity contribution >= 4 is 17.7 Å². The Labute approximate surface area is 159 Å². The summed E-state index contributed by atoms with van der Waals surface area (Å²) in [6.07, 6.45) is 0.728. The standard InChI is InChI=1S/C20H25NO4S/c1-14(26-17-8-6-16(23-2)7-9-17)20(22)21-12-11-15-5-10-18(24-3)19(13-15)25-4/h5-10,13-14H,11-12H2,1-4H3,(H,21,22)/t14-/m0/s1. The predicted octanol–water partition coefficient (Wildman–Crippen LogP) is 3.55. The Morgan fingerprint density at radius 2 is 1.69 bits per heavy atom. The second kappa shape index (κ2) is 9.97. The van der Waals surface area contributed by atoms with Crippen LogP contribution in [0.5, 0.6) is 17.2 Å². The fraction of sp³-hybridized carbons (Fsp3) is 0.350. The molecule has 0 bridgehead atoms. The first kappa shape index (κ1) is 20.0. The Morgan fingerprint density at radius 1 is 1.00 bits per heavy atom. The van der Waals surface area contributed by atoms with Crippen LogP contribution in [0, 0.1) is 0 Å². The molecule has 5 nitrogen and oxygen atoms in total. The van der Waals surface area contributed by atoms with Gasteiger partial charge in [0, 0.05) is 11.4 Å². The molecule has 2 aromatic carbocycles. The fourth-order valence-corrected chi connectivity index (χ4v) is 3.31. The second-order valence-corrected chi connectivity index (χ2v) is 7.08. The molecule has 2 rings (SSSR count). The molecule has 0 saturated carbocycles. The average molecular weight is 375 g/mol. The summed E-state index contributed by atoms with van der Waals surface area (Å²) in [6.45, 7) is 2.47. The third-order valence-electron chi connectivity index (χ3n) is 3.90. The minimum absolute atomic E-state index is 0.0197. The molecule has 0 aliphatic rings. The fourth-order valence-electron chi connectivity index (χ4n) is 2.42. The summed E-state index contributed by atoms with van der Waals surface area (Å²) in [5, 5.41) is 2.81. The summed E-state index contributed by atoms with van der Waals surface area (Å²) in [6, 6.07) is 13.5. The second-order valence-electron chi connectivity index (χ2n) is 5.67. The van der Waals surface area contributed by atoms with Crippen molar-refractivity contribution in [3.05, 3.63) is 48.0 Å². The van der Waals surface area contributed by atoms with Crippen LogP contribution in [-0.2, 0) is 11.2 Å². The summed E-state index contributed by atoms with van der Waals surface area (Å²) in [5.41, 5.74) is 1.08. The van der Waals surface area contributed by atoms with E-state index in [0.717, 1.165) is 22.6 Å². The van der Waals surface area contributed by atoms with Crippen molar-refractivity contribution in [3.63, 3.8) is 0 Å². The van der Waals surface area contributed by atoms with Gasteiger partial charge in [0.05, 0.1) is 26.6 Å².